The monoisotopic (exact) mass is 426 g/mol. The fourth-order valence-electron chi connectivity index (χ4n) is 4.60. The van der Waals surface area contributed by atoms with Crippen LogP contribution < -0.4 is 10.9 Å². The van der Waals surface area contributed by atoms with Crippen molar-refractivity contribution in [1.82, 2.24) is 14.5 Å². The average Bonchev–Trinajstić information content (AvgIpc) is 2.77. The molecule has 2 saturated heterocycles. The van der Waals surface area contributed by atoms with Crippen molar-refractivity contribution >= 4 is 23.4 Å². The first-order valence-electron chi connectivity index (χ1n) is 10.8. The number of thioether (sulfide) groups is 1. The van der Waals surface area contributed by atoms with Crippen LogP contribution in [0.2, 0.25) is 0 Å². The number of rotatable bonds is 5. The summed E-state index contributed by atoms with van der Waals surface area (Å²) in [5.41, 5.74) is 1.25. The lowest BCUT2D eigenvalue weighted by Gasteiger charge is -2.44. The molecule has 0 unspecified atom stereocenters. The summed E-state index contributed by atoms with van der Waals surface area (Å²) in [6.45, 7) is 4.37. The zero-order chi connectivity index (χ0) is 21.1. The molecular weight excluding hydrogens is 396 g/mol. The Balaban J connectivity index is 1.34. The number of piperidine rings is 2. The van der Waals surface area contributed by atoms with Gasteiger partial charge in [-0.2, -0.15) is 0 Å². The van der Waals surface area contributed by atoms with Crippen molar-refractivity contribution in [2.75, 3.05) is 24.2 Å². The van der Waals surface area contributed by atoms with Crippen molar-refractivity contribution in [3.8, 4) is 0 Å². The van der Waals surface area contributed by atoms with E-state index in [0.29, 0.717) is 5.69 Å². The van der Waals surface area contributed by atoms with Crippen LogP contribution in [0.4, 0.5) is 5.69 Å². The predicted molar refractivity (Wildman–Crippen MR) is 121 cm³/mol. The van der Waals surface area contributed by atoms with E-state index in [1.165, 1.54) is 49.8 Å². The molecule has 30 heavy (non-hydrogen) atoms. The number of pyridine rings is 2. The first-order chi connectivity index (χ1) is 14.5. The van der Waals surface area contributed by atoms with E-state index >= 15 is 0 Å². The van der Waals surface area contributed by atoms with Gasteiger partial charge < -0.3 is 14.8 Å². The second-order valence-electron chi connectivity index (χ2n) is 8.40. The number of nitrogens with one attached hydrogen (secondary N) is 1. The largest absolute Gasteiger partial charge is 0.320 e. The third-order valence-corrected chi connectivity index (χ3v) is 7.60. The molecule has 2 aliphatic rings. The van der Waals surface area contributed by atoms with Crippen LogP contribution >= 0.6 is 11.8 Å². The quantitative estimate of drug-likeness (QED) is 0.739. The molecule has 0 bridgehead atoms. The summed E-state index contributed by atoms with van der Waals surface area (Å²) in [5.74, 6) is 1.43. The summed E-state index contributed by atoms with van der Waals surface area (Å²) >= 11 is 1.81. The van der Waals surface area contributed by atoms with Crippen molar-refractivity contribution in [3.05, 3.63) is 52.1 Å². The van der Waals surface area contributed by atoms with E-state index in [-0.39, 0.29) is 11.1 Å². The van der Waals surface area contributed by atoms with Crippen molar-refractivity contribution in [2.24, 2.45) is 13.0 Å². The van der Waals surface area contributed by atoms with Crippen molar-refractivity contribution < 1.29 is 4.79 Å². The zero-order valence-electron chi connectivity index (χ0n) is 17.8. The first kappa shape index (κ1) is 21.1. The van der Waals surface area contributed by atoms with E-state index in [2.05, 4.69) is 15.2 Å². The highest BCUT2D eigenvalue weighted by molar-refractivity contribution is 7.99. The molecule has 1 N–H and O–H groups in total. The summed E-state index contributed by atoms with van der Waals surface area (Å²) < 4.78 is 1.48. The summed E-state index contributed by atoms with van der Waals surface area (Å²) in [4.78, 5) is 32.0. The Hall–Kier alpha value is -2.12. The normalized spacial score (nSPS) is 21.8. The first-order valence-corrected chi connectivity index (χ1v) is 11.8. The van der Waals surface area contributed by atoms with E-state index in [4.69, 9.17) is 0 Å². The lowest BCUT2D eigenvalue weighted by molar-refractivity contribution is 0.0693. The summed E-state index contributed by atoms with van der Waals surface area (Å²) in [6.07, 6.45) is 8.33. The fraction of sp³-hybridized carbons (Fsp3) is 0.522. The minimum atomic E-state index is -0.405. The third-order valence-electron chi connectivity index (χ3n) is 6.47. The van der Waals surface area contributed by atoms with Crippen LogP contribution in [0.5, 0.6) is 0 Å². The Morgan fingerprint density at radius 2 is 2.00 bits per heavy atom. The predicted octanol–water partition coefficient (Wildman–Crippen LogP) is 3.70. The third kappa shape index (κ3) is 4.62. The number of aryl methyl sites for hydroxylation is 1. The van der Waals surface area contributed by atoms with Gasteiger partial charge in [0, 0.05) is 24.5 Å². The maximum absolute atomic E-state index is 12.5. The summed E-state index contributed by atoms with van der Waals surface area (Å²) in [7, 11) is 1.67. The van der Waals surface area contributed by atoms with Gasteiger partial charge in [-0.3, -0.25) is 9.59 Å². The molecule has 0 aliphatic carbocycles. The van der Waals surface area contributed by atoms with Gasteiger partial charge in [0.25, 0.3) is 11.5 Å². The van der Waals surface area contributed by atoms with Crippen LogP contribution in [0.15, 0.2) is 40.3 Å². The number of amides is 1. The van der Waals surface area contributed by atoms with E-state index in [1.807, 2.05) is 30.8 Å². The molecule has 0 saturated carbocycles. The van der Waals surface area contributed by atoms with Gasteiger partial charge in [0.05, 0.1) is 16.9 Å². The number of fused-ring (bicyclic) bond motifs is 1. The van der Waals surface area contributed by atoms with Gasteiger partial charge in [0.2, 0.25) is 0 Å². The zero-order valence-corrected chi connectivity index (χ0v) is 18.6. The smallest absolute Gasteiger partial charge is 0.263 e. The Kier molecular flexibility index (Phi) is 6.58. The molecule has 6 nitrogen and oxygen atoms in total. The van der Waals surface area contributed by atoms with Crippen LogP contribution in [0.25, 0.3) is 0 Å². The van der Waals surface area contributed by atoms with E-state index in [1.54, 1.807) is 25.4 Å². The van der Waals surface area contributed by atoms with Crippen LogP contribution in [-0.4, -0.2) is 45.2 Å². The molecule has 0 radical (unpaired) electrons. The standard InChI is InChI=1S/C23H30N4O2S/c1-16-8-10-19(23(29)26(16)2)22(28)25-18-9-11-21(24-14-18)30-15-17-6-5-13-27-12-4-3-7-20(17)27/h8-11,14,17,20H,3-7,12-13,15H2,1-2H3,(H,25,28)/t17-,20+/m0/s1. The molecule has 2 aliphatic heterocycles. The Labute approximate surface area is 182 Å². The molecule has 0 spiro atoms. The molecule has 4 rings (SSSR count). The molecule has 160 valence electrons. The number of carbonyl (C=O) groups is 1. The van der Waals surface area contributed by atoms with Crippen LogP contribution in [0.1, 0.15) is 48.2 Å². The molecule has 0 aromatic carbocycles. The van der Waals surface area contributed by atoms with Gasteiger partial charge in [-0.05, 0) is 75.9 Å². The fourth-order valence-corrected chi connectivity index (χ4v) is 5.67. The van der Waals surface area contributed by atoms with Gasteiger partial charge in [-0.1, -0.05) is 6.42 Å². The highest BCUT2D eigenvalue weighted by atomic mass is 32.2. The average molecular weight is 427 g/mol. The molecule has 7 heteroatoms. The van der Waals surface area contributed by atoms with Crippen LogP contribution in [-0.2, 0) is 7.05 Å². The van der Waals surface area contributed by atoms with Gasteiger partial charge in [0.1, 0.15) is 5.56 Å². The van der Waals surface area contributed by atoms with Crippen molar-refractivity contribution in [3.63, 3.8) is 0 Å². The lowest BCUT2D eigenvalue weighted by Crippen LogP contribution is -2.48. The van der Waals surface area contributed by atoms with Gasteiger partial charge in [-0.25, -0.2) is 4.98 Å². The number of anilines is 1. The van der Waals surface area contributed by atoms with Crippen LogP contribution in [0.3, 0.4) is 0 Å². The Bertz CT molecular complexity index is 955. The summed E-state index contributed by atoms with van der Waals surface area (Å²) in [5, 5.41) is 3.76. The molecule has 1 amide bonds. The molecule has 2 fully saturated rings. The minimum Gasteiger partial charge on any atom is -0.320 e. The SMILES string of the molecule is Cc1ccc(C(=O)Nc2ccc(SC[C@@H]3CCCN4CCCC[C@H]34)nc2)c(=O)n1C. The van der Waals surface area contributed by atoms with Gasteiger partial charge in [0.15, 0.2) is 0 Å². The van der Waals surface area contributed by atoms with Crippen molar-refractivity contribution in [1.29, 1.82) is 0 Å². The Morgan fingerprint density at radius 3 is 2.80 bits per heavy atom. The van der Waals surface area contributed by atoms with E-state index < -0.39 is 5.91 Å². The number of carbonyl (C=O) groups excluding carboxylic acids is 1. The molecule has 4 heterocycles. The number of hydrogen-bond donors (Lipinski definition) is 1. The maximum Gasteiger partial charge on any atom is 0.263 e. The van der Waals surface area contributed by atoms with E-state index in [9.17, 15) is 9.59 Å². The summed E-state index contributed by atoms with van der Waals surface area (Å²) in [6, 6.07) is 7.90. The number of nitrogens with zero attached hydrogens (tertiary/aromatic N) is 3. The maximum atomic E-state index is 12.5. The number of hydrogen-bond acceptors (Lipinski definition) is 5. The minimum absolute atomic E-state index is 0.135. The highest BCUT2D eigenvalue weighted by Gasteiger charge is 2.32. The molecule has 2 aromatic rings. The second kappa shape index (κ2) is 9.35. The lowest BCUT2D eigenvalue weighted by atomic mass is 9.85. The van der Waals surface area contributed by atoms with Crippen LogP contribution in [0, 0.1) is 12.8 Å². The molecular formula is C23H30N4O2S. The van der Waals surface area contributed by atoms with E-state index in [0.717, 1.165) is 28.4 Å². The second-order valence-corrected chi connectivity index (χ2v) is 9.44. The van der Waals surface area contributed by atoms with Gasteiger partial charge in [-0.15, -0.1) is 11.8 Å². The molecule has 2 atom stereocenters. The topological polar surface area (TPSA) is 67.2 Å². The van der Waals surface area contributed by atoms with Gasteiger partial charge >= 0.3 is 0 Å². The highest BCUT2D eigenvalue weighted by Crippen LogP contribution is 2.34. The number of aromatic nitrogens is 2. The van der Waals surface area contributed by atoms with Crippen molar-refractivity contribution in [2.45, 2.75) is 50.1 Å². The molecule has 2 aromatic heterocycles. The Morgan fingerprint density at radius 1 is 1.17 bits per heavy atom.